The second-order valence-corrected chi connectivity index (χ2v) is 14.2. The van der Waals surface area contributed by atoms with E-state index in [1.54, 1.807) is 6.92 Å². The number of ketones is 1. The number of rotatable bonds is 12. The zero-order valence-electron chi connectivity index (χ0n) is 17.3. The van der Waals surface area contributed by atoms with Crippen LogP contribution in [0.25, 0.3) is 0 Å². The first-order valence-corrected chi connectivity index (χ1v) is 12.9. The Morgan fingerprint density at radius 1 is 1.33 bits per heavy atom. The molecule has 1 saturated carbocycles. The highest BCUT2D eigenvalue weighted by molar-refractivity contribution is 14.2. The highest BCUT2D eigenvalue weighted by Crippen LogP contribution is 2.54. The molecule has 2 fully saturated rings. The summed E-state index contributed by atoms with van der Waals surface area (Å²) >= 11 is 3.77. The Labute approximate surface area is 204 Å². The summed E-state index contributed by atoms with van der Waals surface area (Å²) in [6.45, 7) is 1.03. The van der Waals surface area contributed by atoms with Crippen LogP contribution in [0.2, 0.25) is 0 Å². The molecule has 174 valence electrons. The van der Waals surface area contributed by atoms with E-state index in [-0.39, 0.29) is 43.3 Å². The van der Waals surface area contributed by atoms with E-state index in [0.29, 0.717) is 12.8 Å². The van der Waals surface area contributed by atoms with Crippen LogP contribution < -0.4 is 0 Å². The number of fused-ring (bicyclic) bond motifs is 1. The summed E-state index contributed by atoms with van der Waals surface area (Å²) in [6.07, 6.45) is 3.43. The van der Waals surface area contributed by atoms with Gasteiger partial charge in [0.05, 0.1) is 12.8 Å². The van der Waals surface area contributed by atoms with E-state index in [2.05, 4.69) is 0 Å². The number of hydrogen-bond donors (Lipinski definition) is 2. The maximum absolute atomic E-state index is 15.1. The molecule has 1 saturated heterocycles. The van der Waals surface area contributed by atoms with E-state index in [1.165, 1.54) is 0 Å². The van der Waals surface area contributed by atoms with Crippen LogP contribution in [0.15, 0.2) is 0 Å². The summed E-state index contributed by atoms with van der Waals surface area (Å²) in [4.78, 5) is 23.1. The minimum atomic E-state index is -1.70. The molecule has 5 nitrogen and oxygen atoms in total. The Morgan fingerprint density at radius 2 is 2.00 bits per heavy atom. The van der Waals surface area contributed by atoms with Crippen LogP contribution in [0, 0.1) is 17.8 Å². The van der Waals surface area contributed by atoms with E-state index >= 15 is 4.39 Å². The van der Waals surface area contributed by atoms with Crippen molar-refractivity contribution in [1.82, 2.24) is 0 Å². The van der Waals surface area contributed by atoms with Crippen LogP contribution in [0.3, 0.4) is 0 Å². The lowest BCUT2D eigenvalue weighted by Gasteiger charge is -2.48. The molecular formula is C21H32F2I2O5. The second-order valence-electron chi connectivity index (χ2n) is 8.75. The van der Waals surface area contributed by atoms with Gasteiger partial charge in [-0.1, -0.05) is 71.4 Å². The Hall–Kier alpha value is 0.380. The van der Waals surface area contributed by atoms with Crippen LogP contribution in [0.1, 0.15) is 71.1 Å². The number of Topliss-reactive ketones (excluding diaryl/α,β-unsaturated/α-hetero) is 1. The maximum Gasteiger partial charge on any atom is 0.303 e. The van der Waals surface area contributed by atoms with E-state index in [1.807, 2.05) is 45.2 Å². The molecule has 1 aliphatic heterocycles. The minimum absolute atomic E-state index is 0.0294. The summed E-state index contributed by atoms with van der Waals surface area (Å²) < 4.78 is 32.5. The predicted molar refractivity (Wildman–Crippen MR) is 126 cm³/mol. The van der Waals surface area contributed by atoms with Crippen molar-refractivity contribution in [3.8, 4) is 0 Å². The second kappa shape index (κ2) is 11.5. The number of carboxylic acid groups (broad SMARTS) is 1. The molecule has 0 aromatic heterocycles. The van der Waals surface area contributed by atoms with E-state index in [9.17, 15) is 19.1 Å². The molecule has 1 aliphatic carbocycles. The Kier molecular flexibility index (Phi) is 10.2. The number of carbonyl (C=O) groups excluding carboxylic acids is 1. The standard InChI is InChI=1S/C21H32F2I2O5/c1-13(9-11-22)19(23)21(24,25)20(29)10-8-15-14(16(26)12-17(15)30-20)6-4-2-3-5-7-18(27)28/h13-15,17,19,29H,2-12H2,1H3,(H,27,28)/t13-,14+,15+,17+,19?,20+/m0/s1. The Bertz CT molecular complexity index is 606. The zero-order chi connectivity index (χ0) is 22.5. The van der Waals surface area contributed by atoms with Gasteiger partial charge >= 0.3 is 5.97 Å². The van der Waals surface area contributed by atoms with Gasteiger partial charge in [0, 0.05) is 25.2 Å². The molecule has 30 heavy (non-hydrogen) atoms. The molecule has 2 aliphatic rings. The third kappa shape index (κ3) is 6.24. The lowest BCUT2D eigenvalue weighted by molar-refractivity contribution is -0.270. The summed E-state index contributed by atoms with van der Waals surface area (Å²) in [5.74, 6) is -2.98. The number of unbranched alkanes of at least 4 members (excludes halogenated alkanes) is 3. The van der Waals surface area contributed by atoms with Crippen molar-refractivity contribution in [3.05, 3.63) is 0 Å². The first-order valence-electron chi connectivity index (χ1n) is 10.8. The summed E-state index contributed by atoms with van der Waals surface area (Å²) in [5, 5.41) is 19.9. The van der Waals surface area contributed by atoms with Gasteiger partial charge in [0.25, 0.3) is 0 Å². The molecule has 0 amide bonds. The van der Waals surface area contributed by atoms with E-state index < -0.39 is 38.1 Å². The van der Waals surface area contributed by atoms with Gasteiger partial charge in [0.15, 0.2) is 7.22 Å². The minimum Gasteiger partial charge on any atom is -0.481 e. The maximum atomic E-state index is 15.1. The normalized spacial score (nSPS) is 31.4. The lowest BCUT2D eigenvalue weighted by Crippen LogP contribution is -2.59. The molecule has 0 aromatic carbocycles. The number of carbonyl (C=O) groups is 2. The van der Waals surface area contributed by atoms with Crippen LogP contribution in [-0.2, 0) is 14.3 Å². The first-order chi connectivity index (χ1) is 14.0. The summed E-state index contributed by atoms with van der Waals surface area (Å²) in [6, 6.07) is 0. The van der Waals surface area contributed by atoms with Crippen molar-refractivity contribution >= 4 is 56.9 Å². The number of carboxylic acids is 1. The highest BCUT2D eigenvalue weighted by Gasteiger charge is 2.60. The van der Waals surface area contributed by atoms with Crippen LogP contribution in [0.5, 0.6) is 0 Å². The summed E-state index contributed by atoms with van der Waals surface area (Å²) in [7, 11) is 0. The van der Waals surface area contributed by atoms with Gasteiger partial charge in [0.2, 0.25) is 0 Å². The molecular weight excluding hydrogens is 624 g/mol. The molecule has 1 heterocycles. The van der Waals surface area contributed by atoms with Crippen molar-refractivity contribution in [1.29, 1.82) is 0 Å². The fourth-order valence-corrected chi connectivity index (χ4v) is 6.71. The van der Waals surface area contributed by atoms with Gasteiger partial charge in [-0.05, 0) is 37.5 Å². The number of aliphatic carboxylic acids is 1. The van der Waals surface area contributed by atoms with Gasteiger partial charge in [0.1, 0.15) is 12.0 Å². The molecule has 0 bridgehead atoms. The van der Waals surface area contributed by atoms with Crippen LogP contribution in [0.4, 0.5) is 8.78 Å². The number of ether oxygens (including phenoxy) is 1. The van der Waals surface area contributed by atoms with E-state index in [0.717, 1.165) is 25.7 Å². The van der Waals surface area contributed by atoms with Crippen molar-refractivity contribution < 1.29 is 33.3 Å². The van der Waals surface area contributed by atoms with Crippen LogP contribution in [-0.4, -0.2) is 48.1 Å². The molecule has 1 unspecified atom stereocenters. The Morgan fingerprint density at radius 3 is 2.63 bits per heavy atom. The molecule has 0 aromatic rings. The fourth-order valence-electron chi connectivity index (χ4n) is 4.69. The number of aliphatic hydroxyl groups is 1. The van der Waals surface area contributed by atoms with Crippen molar-refractivity contribution in [2.45, 2.75) is 90.6 Å². The van der Waals surface area contributed by atoms with Crippen molar-refractivity contribution in [2.75, 3.05) is 6.67 Å². The smallest absolute Gasteiger partial charge is 0.303 e. The van der Waals surface area contributed by atoms with Gasteiger partial charge < -0.3 is 14.9 Å². The van der Waals surface area contributed by atoms with Gasteiger partial charge in [-0.2, -0.15) is 0 Å². The largest absolute Gasteiger partial charge is 0.481 e. The SMILES string of the molecule is C[C@@H](CCF)C(F)C(I)(I)[C@@]1(O)CC[C@H]2[C@@H](CC(=O)[C@@H]2CCCCCCC(=O)O)O1. The average molecular weight is 656 g/mol. The molecule has 0 spiro atoms. The summed E-state index contributed by atoms with van der Waals surface area (Å²) in [5.41, 5.74) is 0. The lowest BCUT2D eigenvalue weighted by atomic mass is 9.81. The molecule has 9 heteroatoms. The van der Waals surface area contributed by atoms with Crippen molar-refractivity contribution in [2.24, 2.45) is 17.8 Å². The number of halogens is 4. The number of alkyl halides is 4. The molecule has 0 radical (unpaired) electrons. The predicted octanol–water partition coefficient (Wildman–Crippen LogP) is 5.38. The van der Waals surface area contributed by atoms with Crippen LogP contribution >= 0.6 is 45.2 Å². The molecule has 2 N–H and O–H groups in total. The Balaban J connectivity index is 1.92. The van der Waals surface area contributed by atoms with Gasteiger partial charge in [-0.15, -0.1) is 0 Å². The topological polar surface area (TPSA) is 83.8 Å². The van der Waals surface area contributed by atoms with E-state index in [4.69, 9.17) is 9.84 Å². The molecule has 2 rings (SSSR count). The quantitative estimate of drug-likeness (QED) is 0.168. The molecule has 6 atom stereocenters. The third-order valence-corrected chi connectivity index (χ3v) is 9.44. The van der Waals surface area contributed by atoms with Crippen molar-refractivity contribution in [3.63, 3.8) is 0 Å². The monoisotopic (exact) mass is 656 g/mol. The first kappa shape index (κ1) is 26.6. The highest BCUT2D eigenvalue weighted by atomic mass is 127. The fraction of sp³-hybridized carbons (Fsp3) is 0.905. The average Bonchev–Trinajstić information content (AvgIpc) is 2.97. The van der Waals surface area contributed by atoms with Gasteiger partial charge in [-0.3, -0.25) is 14.0 Å². The number of hydrogen-bond acceptors (Lipinski definition) is 4. The van der Waals surface area contributed by atoms with Gasteiger partial charge in [-0.25, -0.2) is 4.39 Å². The zero-order valence-corrected chi connectivity index (χ0v) is 21.6. The third-order valence-electron chi connectivity index (χ3n) is 6.56.